The third-order valence-corrected chi connectivity index (χ3v) is 2.61. The smallest absolute Gasteiger partial charge is 0.133 e. The highest BCUT2D eigenvalue weighted by molar-refractivity contribution is 9.10. The molecule has 0 aromatic heterocycles. The van der Waals surface area contributed by atoms with Gasteiger partial charge in [0.25, 0.3) is 0 Å². The summed E-state index contributed by atoms with van der Waals surface area (Å²) in [4.78, 5) is 0. The molecule has 0 bridgehead atoms. The first-order chi connectivity index (χ1) is 6.13. The summed E-state index contributed by atoms with van der Waals surface area (Å²) in [6, 6.07) is 6.13. The van der Waals surface area contributed by atoms with Crippen molar-refractivity contribution >= 4 is 15.9 Å². The van der Waals surface area contributed by atoms with E-state index in [1.54, 1.807) is 0 Å². The largest absolute Gasteiger partial charge is 0.490 e. The molecule has 1 aromatic rings. The fourth-order valence-electron chi connectivity index (χ4n) is 1.00. The Bertz CT molecular complexity index is 283. The van der Waals surface area contributed by atoms with E-state index in [-0.39, 0.29) is 6.10 Å². The standard InChI is InChI=1S/C11H15BrO/c1-4-9(3)13-11-6-5-8(2)7-10(11)12/h5-7,9H,4H2,1-3H3. The zero-order valence-corrected chi connectivity index (χ0v) is 9.89. The fourth-order valence-corrected chi connectivity index (χ4v) is 1.59. The number of halogens is 1. The van der Waals surface area contributed by atoms with Crippen LogP contribution in [0.3, 0.4) is 0 Å². The first-order valence-electron chi connectivity index (χ1n) is 4.56. The number of aryl methyl sites for hydroxylation is 1. The Balaban J connectivity index is 2.77. The normalized spacial score (nSPS) is 12.6. The van der Waals surface area contributed by atoms with E-state index < -0.39 is 0 Å². The Labute approximate surface area is 88.2 Å². The van der Waals surface area contributed by atoms with Gasteiger partial charge in [-0.1, -0.05) is 13.0 Å². The third-order valence-electron chi connectivity index (χ3n) is 1.99. The Morgan fingerprint density at radius 2 is 2.15 bits per heavy atom. The summed E-state index contributed by atoms with van der Waals surface area (Å²) < 4.78 is 6.74. The van der Waals surface area contributed by atoms with Gasteiger partial charge in [0, 0.05) is 0 Å². The van der Waals surface area contributed by atoms with Gasteiger partial charge in [-0.15, -0.1) is 0 Å². The van der Waals surface area contributed by atoms with Crippen molar-refractivity contribution in [1.29, 1.82) is 0 Å². The van der Waals surface area contributed by atoms with E-state index in [9.17, 15) is 0 Å². The predicted octanol–water partition coefficient (Wildman–Crippen LogP) is 3.93. The van der Waals surface area contributed by atoms with Crippen LogP contribution >= 0.6 is 15.9 Å². The summed E-state index contributed by atoms with van der Waals surface area (Å²) in [6.07, 6.45) is 1.30. The van der Waals surface area contributed by atoms with Gasteiger partial charge in [-0.05, 0) is 53.9 Å². The maximum Gasteiger partial charge on any atom is 0.133 e. The molecule has 1 unspecified atom stereocenters. The van der Waals surface area contributed by atoms with Gasteiger partial charge in [0.1, 0.15) is 5.75 Å². The minimum atomic E-state index is 0.277. The van der Waals surface area contributed by atoms with Crippen molar-refractivity contribution in [1.82, 2.24) is 0 Å². The molecule has 1 aromatic carbocycles. The molecule has 1 rings (SSSR count). The van der Waals surface area contributed by atoms with Crippen LogP contribution in [-0.4, -0.2) is 6.10 Å². The highest BCUT2D eigenvalue weighted by Crippen LogP contribution is 2.26. The van der Waals surface area contributed by atoms with Crippen LogP contribution in [0.25, 0.3) is 0 Å². The van der Waals surface area contributed by atoms with E-state index in [0.29, 0.717) is 0 Å². The lowest BCUT2D eigenvalue weighted by Crippen LogP contribution is -2.09. The minimum absolute atomic E-state index is 0.277. The Hall–Kier alpha value is -0.500. The molecule has 0 aliphatic rings. The summed E-state index contributed by atoms with van der Waals surface area (Å²) in [5.41, 5.74) is 1.24. The average Bonchev–Trinajstić information content (AvgIpc) is 2.09. The maximum absolute atomic E-state index is 5.70. The minimum Gasteiger partial charge on any atom is -0.490 e. The van der Waals surface area contributed by atoms with Gasteiger partial charge >= 0.3 is 0 Å². The second-order valence-electron chi connectivity index (χ2n) is 3.27. The Morgan fingerprint density at radius 3 is 2.69 bits per heavy atom. The van der Waals surface area contributed by atoms with Crippen molar-refractivity contribution in [3.05, 3.63) is 28.2 Å². The van der Waals surface area contributed by atoms with Gasteiger partial charge in [0.2, 0.25) is 0 Å². The second kappa shape index (κ2) is 4.66. The molecule has 0 amide bonds. The molecule has 0 saturated carbocycles. The second-order valence-corrected chi connectivity index (χ2v) is 4.12. The molecule has 13 heavy (non-hydrogen) atoms. The molecule has 0 heterocycles. The Kier molecular flexibility index (Phi) is 3.79. The molecule has 72 valence electrons. The number of rotatable bonds is 3. The molecule has 0 spiro atoms. The average molecular weight is 243 g/mol. The highest BCUT2D eigenvalue weighted by Gasteiger charge is 2.04. The molecular weight excluding hydrogens is 228 g/mol. The van der Waals surface area contributed by atoms with Gasteiger partial charge in [-0.25, -0.2) is 0 Å². The number of hydrogen-bond donors (Lipinski definition) is 0. The Morgan fingerprint density at radius 1 is 1.46 bits per heavy atom. The topological polar surface area (TPSA) is 9.23 Å². The molecule has 0 radical (unpaired) electrons. The third kappa shape index (κ3) is 3.03. The van der Waals surface area contributed by atoms with Crippen molar-refractivity contribution in [3.63, 3.8) is 0 Å². The van der Waals surface area contributed by atoms with Crippen LogP contribution in [0, 0.1) is 6.92 Å². The van der Waals surface area contributed by atoms with E-state index in [1.807, 2.05) is 6.07 Å². The van der Waals surface area contributed by atoms with E-state index in [2.05, 4.69) is 48.8 Å². The summed E-state index contributed by atoms with van der Waals surface area (Å²) in [5, 5.41) is 0. The molecule has 0 N–H and O–H groups in total. The molecular formula is C11H15BrO. The lowest BCUT2D eigenvalue weighted by atomic mass is 10.2. The molecule has 1 nitrogen and oxygen atoms in total. The summed E-state index contributed by atoms with van der Waals surface area (Å²) in [7, 11) is 0. The maximum atomic E-state index is 5.70. The first kappa shape index (κ1) is 10.6. The SMILES string of the molecule is CCC(C)Oc1ccc(C)cc1Br. The lowest BCUT2D eigenvalue weighted by Gasteiger charge is -2.14. The van der Waals surface area contributed by atoms with Crippen molar-refractivity contribution in [3.8, 4) is 5.75 Å². The quantitative estimate of drug-likeness (QED) is 0.781. The summed E-state index contributed by atoms with van der Waals surface area (Å²) >= 11 is 3.48. The molecule has 0 saturated heterocycles. The van der Waals surface area contributed by atoms with Gasteiger partial charge in [-0.3, -0.25) is 0 Å². The summed E-state index contributed by atoms with van der Waals surface area (Å²) in [6.45, 7) is 6.26. The molecule has 2 heteroatoms. The van der Waals surface area contributed by atoms with Crippen LogP contribution in [0.1, 0.15) is 25.8 Å². The monoisotopic (exact) mass is 242 g/mol. The van der Waals surface area contributed by atoms with Crippen molar-refractivity contribution in [2.24, 2.45) is 0 Å². The molecule has 0 fully saturated rings. The van der Waals surface area contributed by atoms with Gasteiger partial charge in [0.15, 0.2) is 0 Å². The number of ether oxygens (including phenoxy) is 1. The van der Waals surface area contributed by atoms with Crippen LogP contribution in [-0.2, 0) is 0 Å². The molecule has 0 aliphatic carbocycles. The zero-order chi connectivity index (χ0) is 9.84. The summed E-state index contributed by atoms with van der Waals surface area (Å²) in [5.74, 6) is 0.931. The van der Waals surface area contributed by atoms with Crippen molar-refractivity contribution in [2.75, 3.05) is 0 Å². The van der Waals surface area contributed by atoms with Crippen LogP contribution in [0.15, 0.2) is 22.7 Å². The van der Waals surface area contributed by atoms with Crippen molar-refractivity contribution < 1.29 is 4.74 Å². The number of hydrogen-bond acceptors (Lipinski definition) is 1. The van der Waals surface area contributed by atoms with E-state index in [1.165, 1.54) is 5.56 Å². The first-order valence-corrected chi connectivity index (χ1v) is 5.35. The van der Waals surface area contributed by atoms with E-state index in [0.717, 1.165) is 16.6 Å². The molecule has 0 aliphatic heterocycles. The van der Waals surface area contributed by atoms with E-state index in [4.69, 9.17) is 4.74 Å². The fraction of sp³-hybridized carbons (Fsp3) is 0.455. The van der Waals surface area contributed by atoms with Gasteiger partial charge < -0.3 is 4.74 Å². The van der Waals surface area contributed by atoms with Gasteiger partial charge in [0.05, 0.1) is 10.6 Å². The van der Waals surface area contributed by atoms with Crippen LogP contribution in [0.5, 0.6) is 5.75 Å². The van der Waals surface area contributed by atoms with E-state index >= 15 is 0 Å². The van der Waals surface area contributed by atoms with Crippen molar-refractivity contribution in [2.45, 2.75) is 33.3 Å². The van der Waals surface area contributed by atoms with Crippen LogP contribution in [0.2, 0.25) is 0 Å². The lowest BCUT2D eigenvalue weighted by molar-refractivity contribution is 0.216. The van der Waals surface area contributed by atoms with Crippen LogP contribution in [0.4, 0.5) is 0 Å². The molecule has 1 atom stereocenters. The zero-order valence-electron chi connectivity index (χ0n) is 8.30. The highest BCUT2D eigenvalue weighted by atomic mass is 79.9. The number of benzene rings is 1. The van der Waals surface area contributed by atoms with Crippen LogP contribution < -0.4 is 4.74 Å². The predicted molar refractivity (Wildman–Crippen MR) is 59.3 cm³/mol. The van der Waals surface area contributed by atoms with Gasteiger partial charge in [-0.2, -0.15) is 0 Å².